The van der Waals surface area contributed by atoms with Gasteiger partial charge in [0.2, 0.25) is 15.8 Å². The van der Waals surface area contributed by atoms with Gasteiger partial charge in [-0.1, -0.05) is 18.2 Å². The fourth-order valence-electron chi connectivity index (χ4n) is 4.07. The van der Waals surface area contributed by atoms with Gasteiger partial charge < -0.3 is 24.6 Å². The van der Waals surface area contributed by atoms with Crippen LogP contribution in [0.25, 0.3) is 0 Å². The van der Waals surface area contributed by atoms with Crippen LogP contribution in [0.3, 0.4) is 0 Å². The first-order chi connectivity index (χ1) is 17.1. The van der Waals surface area contributed by atoms with E-state index in [1.807, 2.05) is 38.1 Å². The van der Waals surface area contributed by atoms with Crippen LogP contribution >= 0.6 is 0 Å². The van der Waals surface area contributed by atoms with Crippen molar-refractivity contribution >= 4 is 10.0 Å². The van der Waals surface area contributed by atoms with Crippen LogP contribution in [0, 0.1) is 0 Å². The third-order valence-electron chi connectivity index (χ3n) is 6.11. The molecule has 9 heteroatoms. The predicted molar refractivity (Wildman–Crippen MR) is 139 cm³/mol. The molecule has 0 radical (unpaired) electrons. The van der Waals surface area contributed by atoms with E-state index in [-0.39, 0.29) is 4.90 Å². The summed E-state index contributed by atoms with van der Waals surface area (Å²) < 4.78 is 40.1. The summed E-state index contributed by atoms with van der Waals surface area (Å²) in [7, 11) is -3.65. The minimum absolute atomic E-state index is 0.160. The van der Waals surface area contributed by atoms with Gasteiger partial charge in [0, 0.05) is 39.2 Å². The highest BCUT2D eigenvalue weighted by atomic mass is 32.2. The third kappa shape index (κ3) is 9.46. The Bertz CT molecular complexity index is 1070. The van der Waals surface area contributed by atoms with Crippen molar-refractivity contribution in [3.63, 3.8) is 0 Å². The molecule has 0 aliphatic carbocycles. The molecule has 3 rings (SSSR count). The number of hydrogen-bond acceptors (Lipinski definition) is 7. The monoisotopic (exact) mass is 520 g/mol. The largest absolute Gasteiger partial charge is 0.463 e. The maximum Gasteiger partial charge on any atom is 0.238 e. The number of nitrogens with two attached hydrogens (primary N) is 1. The van der Waals surface area contributed by atoms with E-state index in [2.05, 4.69) is 5.32 Å². The summed E-state index contributed by atoms with van der Waals surface area (Å²) in [6, 6.07) is 12.6. The van der Waals surface area contributed by atoms with Crippen LogP contribution in [0.4, 0.5) is 0 Å². The number of unbranched alkanes of at least 4 members (excludes halogenated alkanes) is 3. The number of benzene rings is 2. The first-order valence-electron chi connectivity index (χ1n) is 12.7. The number of nitrogens with one attached hydrogen (secondary N) is 1. The molecule has 0 fully saturated rings. The van der Waals surface area contributed by atoms with Gasteiger partial charge in [-0.25, -0.2) is 13.6 Å². The zero-order valence-corrected chi connectivity index (χ0v) is 22.2. The SMILES string of the molecule is CC1(C)OCc2cc([C@H](O)CNCCCCCOCCCCc3cccc(S(N)(=O)=O)c3)ccc2O1. The lowest BCUT2D eigenvalue weighted by Crippen LogP contribution is -2.35. The summed E-state index contributed by atoms with van der Waals surface area (Å²) in [5, 5.41) is 19.0. The van der Waals surface area contributed by atoms with Crippen molar-refractivity contribution in [2.75, 3.05) is 26.3 Å². The molecule has 0 aromatic heterocycles. The number of fused-ring (bicyclic) bond motifs is 1. The second kappa shape index (κ2) is 13.5. The molecule has 1 aliphatic rings. The summed E-state index contributed by atoms with van der Waals surface area (Å²) in [5.41, 5.74) is 2.79. The summed E-state index contributed by atoms with van der Waals surface area (Å²) >= 11 is 0. The number of aryl methyl sites for hydroxylation is 1. The zero-order valence-electron chi connectivity index (χ0n) is 21.4. The Balaban J connectivity index is 1.18. The third-order valence-corrected chi connectivity index (χ3v) is 7.02. The van der Waals surface area contributed by atoms with E-state index in [1.54, 1.807) is 12.1 Å². The summed E-state index contributed by atoms with van der Waals surface area (Å²) in [4.78, 5) is 0.160. The number of ether oxygens (including phenoxy) is 3. The number of hydrogen-bond donors (Lipinski definition) is 3. The average molecular weight is 521 g/mol. The molecule has 200 valence electrons. The quantitative estimate of drug-likeness (QED) is 0.305. The molecule has 0 unspecified atom stereocenters. The van der Waals surface area contributed by atoms with Gasteiger partial charge >= 0.3 is 0 Å². The van der Waals surface area contributed by atoms with Crippen molar-refractivity contribution in [3.8, 4) is 5.75 Å². The van der Waals surface area contributed by atoms with Crippen molar-refractivity contribution in [2.24, 2.45) is 5.14 Å². The summed E-state index contributed by atoms with van der Waals surface area (Å²) in [5.74, 6) is 0.194. The van der Waals surface area contributed by atoms with Gasteiger partial charge in [0.05, 0.1) is 17.6 Å². The highest BCUT2D eigenvalue weighted by Crippen LogP contribution is 2.32. The normalized spacial score (nSPS) is 15.8. The minimum atomic E-state index is -3.65. The second-order valence-corrected chi connectivity index (χ2v) is 11.3. The number of primary sulfonamides is 1. The van der Waals surface area contributed by atoms with Gasteiger partial charge in [0.1, 0.15) is 5.75 Å². The summed E-state index contributed by atoms with van der Waals surface area (Å²) in [6.07, 6.45) is 5.18. The Morgan fingerprint density at radius 2 is 1.86 bits per heavy atom. The van der Waals surface area contributed by atoms with E-state index in [0.29, 0.717) is 19.8 Å². The number of sulfonamides is 1. The maximum absolute atomic E-state index is 11.4. The van der Waals surface area contributed by atoms with Crippen LogP contribution in [0.1, 0.15) is 68.7 Å². The molecule has 0 bridgehead atoms. The van der Waals surface area contributed by atoms with Gasteiger partial charge in [0.25, 0.3) is 0 Å². The number of aliphatic hydroxyl groups excluding tert-OH is 1. The molecule has 4 N–H and O–H groups in total. The number of rotatable bonds is 15. The number of aliphatic hydroxyl groups is 1. The Labute approximate surface area is 215 Å². The highest BCUT2D eigenvalue weighted by Gasteiger charge is 2.27. The van der Waals surface area contributed by atoms with Crippen LogP contribution in [-0.4, -0.2) is 45.6 Å². The molecule has 1 heterocycles. The Hall–Kier alpha value is -2.01. The first-order valence-corrected chi connectivity index (χ1v) is 14.2. The molecule has 0 amide bonds. The fourth-order valence-corrected chi connectivity index (χ4v) is 4.65. The lowest BCUT2D eigenvalue weighted by Gasteiger charge is -2.33. The van der Waals surface area contributed by atoms with Crippen molar-refractivity contribution < 1.29 is 27.7 Å². The van der Waals surface area contributed by atoms with Crippen molar-refractivity contribution in [1.29, 1.82) is 0 Å². The van der Waals surface area contributed by atoms with E-state index in [0.717, 1.165) is 74.1 Å². The molecule has 2 aromatic carbocycles. The topological polar surface area (TPSA) is 120 Å². The van der Waals surface area contributed by atoms with Crippen LogP contribution in [0.15, 0.2) is 47.4 Å². The molecule has 2 aromatic rings. The second-order valence-electron chi connectivity index (χ2n) is 9.70. The van der Waals surface area contributed by atoms with Gasteiger partial charge in [-0.2, -0.15) is 0 Å². The molecule has 1 atom stereocenters. The van der Waals surface area contributed by atoms with Crippen molar-refractivity contribution in [3.05, 3.63) is 59.2 Å². The van der Waals surface area contributed by atoms with Crippen LogP contribution in [0.2, 0.25) is 0 Å². The smallest absolute Gasteiger partial charge is 0.238 e. The van der Waals surface area contributed by atoms with Crippen LogP contribution < -0.4 is 15.2 Å². The molecule has 0 saturated carbocycles. The molecule has 36 heavy (non-hydrogen) atoms. The van der Waals surface area contributed by atoms with E-state index in [1.165, 1.54) is 6.07 Å². The lowest BCUT2D eigenvalue weighted by atomic mass is 10.0. The molecular weight excluding hydrogens is 480 g/mol. The predicted octanol–water partition coefficient (Wildman–Crippen LogP) is 3.81. The molecular formula is C27H40N2O6S. The standard InChI is InChI=1S/C27H40N2O6S/c1-27(2)34-20-23-18-22(12-13-26(23)35-27)25(30)19-29-14-5-3-6-15-33-16-7-4-9-21-10-8-11-24(17-21)36(28,31)32/h8,10-13,17-18,25,29-30H,3-7,9,14-16,19-20H2,1-2H3,(H2,28,31,32)/t25-/m1/s1. The molecule has 0 saturated heterocycles. The van der Waals surface area contributed by atoms with Crippen LogP contribution in [-0.2, 0) is 32.5 Å². The zero-order chi connectivity index (χ0) is 26.0. The van der Waals surface area contributed by atoms with E-state index in [4.69, 9.17) is 19.3 Å². The Morgan fingerprint density at radius 3 is 2.64 bits per heavy atom. The van der Waals surface area contributed by atoms with Crippen LogP contribution in [0.5, 0.6) is 5.75 Å². The maximum atomic E-state index is 11.4. The van der Waals surface area contributed by atoms with E-state index in [9.17, 15) is 13.5 Å². The average Bonchev–Trinajstić information content (AvgIpc) is 2.83. The van der Waals surface area contributed by atoms with Crippen molar-refractivity contribution in [2.45, 2.75) is 75.8 Å². The minimum Gasteiger partial charge on any atom is -0.463 e. The van der Waals surface area contributed by atoms with Gasteiger partial charge in [0.15, 0.2) is 0 Å². The Kier molecular flexibility index (Phi) is 10.7. The van der Waals surface area contributed by atoms with Gasteiger partial charge in [-0.05, 0) is 80.5 Å². The molecule has 8 nitrogen and oxygen atoms in total. The van der Waals surface area contributed by atoms with Gasteiger partial charge in [-0.3, -0.25) is 0 Å². The fraction of sp³-hybridized carbons (Fsp3) is 0.556. The van der Waals surface area contributed by atoms with Gasteiger partial charge in [-0.15, -0.1) is 0 Å². The first kappa shape index (κ1) is 28.6. The Morgan fingerprint density at radius 1 is 1.08 bits per heavy atom. The molecule has 1 aliphatic heterocycles. The van der Waals surface area contributed by atoms with E-state index < -0.39 is 21.9 Å². The van der Waals surface area contributed by atoms with Crippen molar-refractivity contribution in [1.82, 2.24) is 5.32 Å². The summed E-state index contributed by atoms with van der Waals surface area (Å²) in [6.45, 7) is 7.04. The molecule has 0 spiro atoms. The lowest BCUT2D eigenvalue weighted by molar-refractivity contribution is -0.180. The van der Waals surface area contributed by atoms with E-state index >= 15 is 0 Å². The highest BCUT2D eigenvalue weighted by molar-refractivity contribution is 7.89.